The van der Waals surface area contributed by atoms with Gasteiger partial charge in [-0.15, -0.1) is 12.4 Å². The summed E-state index contributed by atoms with van der Waals surface area (Å²) >= 11 is 0. The van der Waals surface area contributed by atoms with E-state index >= 15 is 0 Å². The number of nitrogens with zero attached hydrogens (tertiary/aromatic N) is 4. The Morgan fingerprint density at radius 1 is 0.960 bits per heavy atom. The van der Waals surface area contributed by atoms with E-state index in [0.717, 1.165) is 39.0 Å². The van der Waals surface area contributed by atoms with E-state index in [0.29, 0.717) is 39.3 Å². The number of amides is 1. The summed E-state index contributed by atoms with van der Waals surface area (Å²) in [4.78, 5) is 16.5. The van der Waals surface area contributed by atoms with Gasteiger partial charge in [-0.05, 0) is 26.4 Å². The molecule has 0 spiro atoms. The standard InChI is InChI=1S/C15H29N5O3S.ClH/c1-17-5-9-19(10-6-17)24(22,23)20-11-7-18(8-12-20)15(21)14-3-2-4-16-13-14;/h14,16H,2-13H2,1H3;1H. The molecule has 3 rings (SSSR count). The van der Waals surface area contributed by atoms with E-state index in [1.807, 2.05) is 11.9 Å². The smallest absolute Gasteiger partial charge is 0.282 e. The molecule has 0 radical (unpaired) electrons. The van der Waals surface area contributed by atoms with Crippen LogP contribution in [0.2, 0.25) is 0 Å². The summed E-state index contributed by atoms with van der Waals surface area (Å²) in [5.74, 6) is 0.235. The molecule has 1 amide bonds. The van der Waals surface area contributed by atoms with Gasteiger partial charge in [-0.1, -0.05) is 0 Å². The molecule has 10 heteroatoms. The summed E-state index contributed by atoms with van der Waals surface area (Å²) in [6.07, 6.45) is 1.97. The minimum absolute atomic E-state index is 0. The molecule has 3 heterocycles. The van der Waals surface area contributed by atoms with Crippen molar-refractivity contribution >= 4 is 28.5 Å². The normalized spacial score (nSPS) is 27.7. The molecule has 1 atom stereocenters. The largest absolute Gasteiger partial charge is 0.340 e. The predicted molar refractivity (Wildman–Crippen MR) is 99.0 cm³/mol. The Morgan fingerprint density at radius 2 is 1.52 bits per heavy atom. The molecule has 1 N–H and O–H groups in total. The first-order valence-electron chi connectivity index (χ1n) is 8.92. The fourth-order valence-electron chi connectivity index (χ4n) is 3.64. The highest BCUT2D eigenvalue weighted by molar-refractivity contribution is 7.86. The number of piperazine rings is 2. The summed E-state index contributed by atoms with van der Waals surface area (Å²) < 4.78 is 28.6. The molecule has 3 aliphatic heterocycles. The van der Waals surface area contributed by atoms with Crippen LogP contribution in [0, 0.1) is 5.92 Å². The first-order chi connectivity index (χ1) is 11.5. The van der Waals surface area contributed by atoms with Gasteiger partial charge in [-0.25, -0.2) is 0 Å². The molecule has 25 heavy (non-hydrogen) atoms. The van der Waals surface area contributed by atoms with Crippen LogP contribution in [0.1, 0.15) is 12.8 Å². The van der Waals surface area contributed by atoms with Crippen LogP contribution in [0.3, 0.4) is 0 Å². The molecule has 0 aliphatic carbocycles. The lowest BCUT2D eigenvalue weighted by molar-refractivity contribution is -0.137. The predicted octanol–water partition coefficient (Wildman–Crippen LogP) is -0.956. The zero-order chi connectivity index (χ0) is 17.2. The van der Waals surface area contributed by atoms with Crippen molar-refractivity contribution in [1.29, 1.82) is 0 Å². The quantitative estimate of drug-likeness (QED) is 0.666. The van der Waals surface area contributed by atoms with Gasteiger partial charge in [0.2, 0.25) is 5.91 Å². The van der Waals surface area contributed by atoms with Crippen LogP contribution in [0.5, 0.6) is 0 Å². The van der Waals surface area contributed by atoms with Gasteiger partial charge in [0, 0.05) is 58.9 Å². The summed E-state index contributed by atoms with van der Waals surface area (Å²) in [6.45, 7) is 6.18. The minimum Gasteiger partial charge on any atom is -0.340 e. The van der Waals surface area contributed by atoms with Gasteiger partial charge in [0.1, 0.15) is 0 Å². The van der Waals surface area contributed by atoms with Crippen LogP contribution >= 0.6 is 12.4 Å². The van der Waals surface area contributed by atoms with Crippen molar-refractivity contribution < 1.29 is 13.2 Å². The van der Waals surface area contributed by atoms with Crippen molar-refractivity contribution in [2.24, 2.45) is 5.92 Å². The summed E-state index contributed by atoms with van der Waals surface area (Å²) in [6, 6.07) is 0. The molecule has 0 saturated carbocycles. The molecule has 3 fully saturated rings. The average Bonchev–Trinajstić information content (AvgIpc) is 2.62. The molecule has 3 aliphatic rings. The third kappa shape index (κ3) is 4.84. The Balaban J connectivity index is 0.00000225. The third-order valence-electron chi connectivity index (χ3n) is 5.31. The van der Waals surface area contributed by atoms with Gasteiger partial charge in [-0.3, -0.25) is 4.79 Å². The third-order valence-corrected chi connectivity index (χ3v) is 7.35. The lowest BCUT2D eigenvalue weighted by Crippen LogP contribution is -2.58. The maximum Gasteiger partial charge on any atom is 0.282 e. The zero-order valence-corrected chi connectivity index (χ0v) is 16.5. The lowest BCUT2D eigenvalue weighted by Gasteiger charge is -2.40. The summed E-state index contributed by atoms with van der Waals surface area (Å²) in [5, 5.41) is 3.27. The van der Waals surface area contributed by atoms with E-state index in [4.69, 9.17) is 0 Å². The van der Waals surface area contributed by atoms with Gasteiger partial charge < -0.3 is 15.1 Å². The Kier molecular flexibility index (Phi) is 7.48. The Morgan fingerprint density at radius 3 is 2.04 bits per heavy atom. The number of carbonyl (C=O) groups is 1. The molecule has 1 unspecified atom stereocenters. The van der Waals surface area contributed by atoms with Gasteiger partial charge in [0.15, 0.2) is 0 Å². The molecule has 0 aromatic rings. The van der Waals surface area contributed by atoms with Crippen molar-refractivity contribution in [3.63, 3.8) is 0 Å². The summed E-state index contributed by atoms with van der Waals surface area (Å²) in [5.41, 5.74) is 0. The maximum absolute atomic E-state index is 12.7. The fraction of sp³-hybridized carbons (Fsp3) is 0.933. The second-order valence-corrected chi connectivity index (χ2v) is 8.91. The molecule has 0 aromatic carbocycles. The highest BCUT2D eigenvalue weighted by Gasteiger charge is 2.35. The van der Waals surface area contributed by atoms with E-state index in [1.165, 1.54) is 0 Å². The van der Waals surface area contributed by atoms with Crippen molar-refractivity contribution in [3.05, 3.63) is 0 Å². The number of piperidine rings is 1. The lowest BCUT2D eigenvalue weighted by atomic mass is 9.98. The molecule has 0 bridgehead atoms. The van der Waals surface area contributed by atoms with E-state index in [9.17, 15) is 13.2 Å². The second kappa shape index (κ2) is 8.96. The molecule has 146 valence electrons. The number of rotatable bonds is 3. The van der Waals surface area contributed by atoms with E-state index in [1.54, 1.807) is 8.61 Å². The molecule has 3 saturated heterocycles. The molecule has 8 nitrogen and oxygen atoms in total. The number of hydrogen-bond donors (Lipinski definition) is 1. The number of nitrogens with one attached hydrogen (secondary N) is 1. The Hall–Kier alpha value is -0.450. The first-order valence-corrected chi connectivity index (χ1v) is 10.3. The SMILES string of the molecule is CN1CCN(S(=O)(=O)N2CCN(C(=O)C3CCCNC3)CC2)CC1.Cl. The Labute approximate surface area is 157 Å². The van der Waals surface area contributed by atoms with Crippen LogP contribution in [0.15, 0.2) is 0 Å². The van der Waals surface area contributed by atoms with Gasteiger partial charge in [0.05, 0.1) is 5.92 Å². The van der Waals surface area contributed by atoms with E-state index in [2.05, 4.69) is 10.2 Å². The second-order valence-electron chi connectivity index (χ2n) is 6.98. The zero-order valence-electron chi connectivity index (χ0n) is 14.9. The minimum atomic E-state index is -3.39. The van der Waals surface area contributed by atoms with E-state index < -0.39 is 10.2 Å². The topological polar surface area (TPSA) is 76.2 Å². The van der Waals surface area contributed by atoms with Crippen molar-refractivity contribution in [2.45, 2.75) is 12.8 Å². The van der Waals surface area contributed by atoms with Crippen molar-refractivity contribution in [2.75, 3.05) is 72.5 Å². The number of hydrogen-bond acceptors (Lipinski definition) is 5. The highest BCUT2D eigenvalue weighted by atomic mass is 35.5. The molecular weight excluding hydrogens is 366 g/mol. The molecular formula is C15H30ClN5O3S. The maximum atomic E-state index is 12.7. The number of likely N-dealkylation sites (N-methyl/N-ethyl adjacent to an activating group) is 1. The first kappa shape index (κ1) is 20.9. The number of halogens is 1. The number of carbonyl (C=O) groups excluding carboxylic acids is 1. The monoisotopic (exact) mass is 395 g/mol. The summed E-state index contributed by atoms with van der Waals surface area (Å²) in [7, 11) is -1.38. The highest BCUT2D eigenvalue weighted by Crippen LogP contribution is 2.18. The van der Waals surface area contributed by atoms with Crippen LogP contribution in [0.25, 0.3) is 0 Å². The van der Waals surface area contributed by atoms with Crippen LogP contribution in [0.4, 0.5) is 0 Å². The van der Waals surface area contributed by atoms with E-state index in [-0.39, 0.29) is 24.2 Å². The average molecular weight is 396 g/mol. The van der Waals surface area contributed by atoms with Gasteiger partial charge >= 0.3 is 0 Å². The van der Waals surface area contributed by atoms with Gasteiger partial charge in [-0.2, -0.15) is 17.0 Å². The van der Waals surface area contributed by atoms with Crippen molar-refractivity contribution in [3.8, 4) is 0 Å². The van der Waals surface area contributed by atoms with Crippen LogP contribution in [-0.4, -0.2) is 105 Å². The van der Waals surface area contributed by atoms with Crippen LogP contribution in [-0.2, 0) is 15.0 Å². The van der Waals surface area contributed by atoms with Gasteiger partial charge in [0.25, 0.3) is 10.2 Å². The fourth-order valence-corrected chi connectivity index (χ4v) is 5.22. The Bertz CT molecular complexity index is 539. The van der Waals surface area contributed by atoms with Crippen molar-refractivity contribution in [1.82, 2.24) is 23.7 Å². The van der Waals surface area contributed by atoms with Crippen LogP contribution < -0.4 is 5.32 Å². The molecule has 0 aromatic heterocycles.